The lowest BCUT2D eigenvalue weighted by atomic mass is 9.60. The normalized spacial score (nSPS) is 28.6. The second kappa shape index (κ2) is 6.15. The Morgan fingerprint density at radius 3 is 2.71 bits per heavy atom. The third-order valence-electron chi connectivity index (χ3n) is 6.49. The molecule has 0 amide bonds. The quantitative estimate of drug-likeness (QED) is 0.807. The molecule has 2 aromatic rings. The number of carboxylic acid groups (broad SMARTS) is 1. The molecule has 2 aliphatic carbocycles. The third-order valence-corrected chi connectivity index (χ3v) is 6.49. The Hall–Kier alpha value is -2.19. The van der Waals surface area contributed by atoms with Crippen molar-refractivity contribution in [2.75, 3.05) is 18.0 Å². The number of aromatic carboxylic acids is 1. The van der Waals surface area contributed by atoms with Crippen LogP contribution >= 0.6 is 12.4 Å². The van der Waals surface area contributed by atoms with Gasteiger partial charge in [-0.15, -0.1) is 12.4 Å². The van der Waals surface area contributed by atoms with E-state index in [1.807, 2.05) is 4.90 Å². The maximum atomic E-state index is 14.9. The number of nitrogens with zero attached hydrogens (tertiary/aromatic N) is 3. The average molecular weight is 409 g/mol. The molecule has 2 saturated carbocycles. The van der Waals surface area contributed by atoms with Gasteiger partial charge in [0, 0.05) is 31.4 Å². The first-order valence-corrected chi connectivity index (χ1v) is 9.28. The van der Waals surface area contributed by atoms with Gasteiger partial charge in [0.05, 0.1) is 5.39 Å². The van der Waals surface area contributed by atoms with E-state index < -0.39 is 17.2 Å². The second-order valence-electron chi connectivity index (χ2n) is 8.49. The molecule has 7 nitrogen and oxygen atoms in total. The largest absolute Gasteiger partial charge is 0.477 e. The van der Waals surface area contributed by atoms with Crippen LogP contribution in [0, 0.1) is 17.2 Å². The predicted molar refractivity (Wildman–Crippen MR) is 105 cm³/mol. The zero-order chi connectivity index (χ0) is 19.1. The lowest BCUT2D eigenvalue weighted by Crippen LogP contribution is -2.53. The summed E-state index contributed by atoms with van der Waals surface area (Å²) >= 11 is 0. The molecule has 0 radical (unpaired) electrons. The molecule has 1 unspecified atom stereocenters. The summed E-state index contributed by atoms with van der Waals surface area (Å²) in [4.78, 5) is 30.4. The molecular formula is C19H22ClFN4O3. The van der Waals surface area contributed by atoms with Crippen molar-refractivity contribution < 1.29 is 14.3 Å². The first-order chi connectivity index (χ1) is 12.8. The highest BCUT2D eigenvalue weighted by Crippen LogP contribution is 2.51. The Kier molecular flexibility index (Phi) is 4.21. The smallest absolute Gasteiger partial charge is 0.341 e. The summed E-state index contributed by atoms with van der Waals surface area (Å²) in [5.74, 6) is -1.36. The van der Waals surface area contributed by atoms with Crippen molar-refractivity contribution in [1.29, 1.82) is 0 Å². The number of pyridine rings is 2. The van der Waals surface area contributed by atoms with E-state index in [1.165, 1.54) is 6.20 Å². The number of halogens is 2. The number of nitrogens with two attached hydrogens (primary N) is 1. The molecule has 0 aromatic carbocycles. The van der Waals surface area contributed by atoms with Crippen molar-refractivity contribution in [2.24, 2.45) is 17.1 Å². The standard InChI is InChI=1S/C19H21FN4O3.ClH/c1-19-5-14(21)12(19)7-23(8-19)17-13(20)4-10-15(25)11(18(26)27)6-24(9-2-3-9)16(10)22-17;/h4,6,9,12,14H,2-3,5,7-8,21H2,1H3,(H,26,27);1H/t12-,14-,19?;/m0./s1. The first kappa shape index (κ1) is 19.1. The maximum Gasteiger partial charge on any atom is 0.341 e. The van der Waals surface area contributed by atoms with Crippen LogP contribution in [0.15, 0.2) is 17.1 Å². The summed E-state index contributed by atoms with van der Waals surface area (Å²) in [6.07, 6.45) is 4.05. The van der Waals surface area contributed by atoms with Crippen LogP contribution in [0.4, 0.5) is 10.2 Å². The lowest BCUT2D eigenvalue weighted by molar-refractivity contribution is 0.0694. The Bertz CT molecular complexity index is 1050. The molecule has 3 heterocycles. The van der Waals surface area contributed by atoms with Crippen LogP contribution in [0.3, 0.4) is 0 Å². The summed E-state index contributed by atoms with van der Waals surface area (Å²) in [7, 11) is 0. The molecular weight excluding hydrogens is 387 g/mol. The van der Waals surface area contributed by atoms with Gasteiger partial charge in [-0.25, -0.2) is 14.2 Å². The Balaban J connectivity index is 0.00000192. The Morgan fingerprint density at radius 1 is 1.43 bits per heavy atom. The van der Waals surface area contributed by atoms with Crippen molar-refractivity contribution >= 4 is 35.2 Å². The lowest BCUT2D eigenvalue weighted by Gasteiger charge is -2.46. The summed E-state index contributed by atoms with van der Waals surface area (Å²) in [5, 5.41) is 9.34. The molecule has 3 aliphatic rings. The van der Waals surface area contributed by atoms with Gasteiger partial charge >= 0.3 is 5.97 Å². The second-order valence-corrected chi connectivity index (χ2v) is 8.49. The summed E-state index contributed by atoms with van der Waals surface area (Å²) in [5.41, 5.74) is 5.51. The fraction of sp³-hybridized carbons (Fsp3) is 0.526. The molecule has 3 atom stereocenters. The number of rotatable bonds is 3. The number of carboxylic acids is 1. The summed E-state index contributed by atoms with van der Waals surface area (Å²) in [6.45, 7) is 3.49. The van der Waals surface area contributed by atoms with Crippen LogP contribution in [0.5, 0.6) is 0 Å². The zero-order valence-corrected chi connectivity index (χ0v) is 16.2. The van der Waals surface area contributed by atoms with E-state index in [0.29, 0.717) is 24.7 Å². The maximum absolute atomic E-state index is 14.9. The van der Waals surface area contributed by atoms with Gasteiger partial charge in [0.25, 0.3) is 0 Å². The SMILES string of the molecule is CC12C[C@H](N)[C@@H]1CN(c1nc3c(cc1F)c(=O)c(C(=O)O)cn3C1CC1)C2.Cl. The molecule has 3 fully saturated rings. The molecule has 1 saturated heterocycles. The van der Waals surface area contributed by atoms with Gasteiger partial charge in [-0.2, -0.15) is 0 Å². The number of carbonyl (C=O) groups is 1. The third kappa shape index (κ3) is 2.62. The van der Waals surface area contributed by atoms with Crippen molar-refractivity contribution in [1.82, 2.24) is 9.55 Å². The van der Waals surface area contributed by atoms with Crippen molar-refractivity contribution in [2.45, 2.75) is 38.3 Å². The number of anilines is 1. The highest BCUT2D eigenvalue weighted by molar-refractivity contribution is 5.92. The molecule has 5 rings (SSSR count). The highest BCUT2D eigenvalue weighted by atomic mass is 35.5. The molecule has 9 heteroatoms. The van der Waals surface area contributed by atoms with Crippen LogP contribution in [-0.4, -0.2) is 39.8 Å². The molecule has 1 aliphatic heterocycles. The van der Waals surface area contributed by atoms with Gasteiger partial charge in [-0.05, 0) is 36.7 Å². The highest BCUT2D eigenvalue weighted by Gasteiger charge is 2.55. The van der Waals surface area contributed by atoms with Crippen molar-refractivity contribution in [3.63, 3.8) is 0 Å². The fourth-order valence-electron chi connectivity index (χ4n) is 4.87. The van der Waals surface area contributed by atoms with E-state index in [4.69, 9.17) is 5.73 Å². The Labute approximate surface area is 166 Å². The van der Waals surface area contributed by atoms with E-state index >= 15 is 0 Å². The average Bonchev–Trinajstić information content (AvgIpc) is 3.39. The van der Waals surface area contributed by atoms with Crippen LogP contribution in [-0.2, 0) is 0 Å². The molecule has 0 spiro atoms. The van der Waals surface area contributed by atoms with Gasteiger partial charge in [-0.3, -0.25) is 4.79 Å². The van der Waals surface area contributed by atoms with Crippen LogP contribution in [0.1, 0.15) is 42.6 Å². The summed E-state index contributed by atoms with van der Waals surface area (Å²) in [6, 6.07) is 1.39. The van der Waals surface area contributed by atoms with E-state index in [2.05, 4.69) is 11.9 Å². The molecule has 150 valence electrons. The summed E-state index contributed by atoms with van der Waals surface area (Å²) < 4.78 is 16.6. The van der Waals surface area contributed by atoms with E-state index in [-0.39, 0.29) is 46.7 Å². The van der Waals surface area contributed by atoms with E-state index in [9.17, 15) is 19.1 Å². The zero-order valence-electron chi connectivity index (χ0n) is 15.4. The minimum atomic E-state index is -1.31. The fourth-order valence-corrected chi connectivity index (χ4v) is 4.87. The molecule has 28 heavy (non-hydrogen) atoms. The van der Waals surface area contributed by atoms with E-state index in [1.54, 1.807) is 4.57 Å². The first-order valence-electron chi connectivity index (χ1n) is 9.28. The van der Waals surface area contributed by atoms with Crippen molar-refractivity contribution in [3.8, 4) is 0 Å². The van der Waals surface area contributed by atoms with Gasteiger partial charge in [-0.1, -0.05) is 6.92 Å². The number of aromatic nitrogens is 2. The Morgan fingerprint density at radius 2 is 2.14 bits per heavy atom. The number of hydrogen-bond acceptors (Lipinski definition) is 5. The predicted octanol–water partition coefficient (Wildman–Crippen LogP) is 2.16. The number of fused-ring (bicyclic) bond motifs is 2. The van der Waals surface area contributed by atoms with Crippen LogP contribution < -0.4 is 16.1 Å². The van der Waals surface area contributed by atoms with Crippen LogP contribution in [0.2, 0.25) is 0 Å². The van der Waals surface area contributed by atoms with Gasteiger partial charge < -0.3 is 20.3 Å². The molecule has 0 bridgehead atoms. The minimum absolute atomic E-state index is 0. The molecule has 2 aromatic heterocycles. The van der Waals surface area contributed by atoms with Gasteiger partial charge in [0.15, 0.2) is 11.6 Å². The van der Waals surface area contributed by atoms with E-state index in [0.717, 1.165) is 25.3 Å². The van der Waals surface area contributed by atoms with Crippen LogP contribution in [0.25, 0.3) is 11.0 Å². The number of hydrogen-bond donors (Lipinski definition) is 2. The minimum Gasteiger partial charge on any atom is -0.477 e. The monoisotopic (exact) mass is 408 g/mol. The van der Waals surface area contributed by atoms with Gasteiger partial charge in [0.2, 0.25) is 5.43 Å². The topological polar surface area (TPSA) is 101 Å². The van der Waals surface area contributed by atoms with Gasteiger partial charge in [0.1, 0.15) is 11.2 Å². The molecule has 3 N–H and O–H groups in total. The van der Waals surface area contributed by atoms with Crippen molar-refractivity contribution in [3.05, 3.63) is 33.9 Å².